The fraction of sp³-hybridized carbons (Fsp3) is 0.353. The van der Waals surface area contributed by atoms with Gasteiger partial charge in [0.2, 0.25) is 0 Å². The number of carbonyl (C=O) groups excluding carboxylic acids is 1. The summed E-state index contributed by atoms with van der Waals surface area (Å²) >= 11 is 5.85. The molecule has 1 aliphatic heterocycles. The van der Waals surface area contributed by atoms with Gasteiger partial charge in [0.15, 0.2) is 0 Å². The number of hydrogen-bond acceptors (Lipinski definition) is 5. The van der Waals surface area contributed by atoms with Crippen LogP contribution in [-0.4, -0.2) is 60.2 Å². The third-order valence-corrected chi connectivity index (χ3v) is 4.23. The van der Waals surface area contributed by atoms with Crippen molar-refractivity contribution in [2.45, 2.75) is 0 Å². The highest BCUT2D eigenvalue weighted by molar-refractivity contribution is 6.30. The Labute approximate surface area is 150 Å². The largest absolute Gasteiger partial charge is 0.379 e. The molecule has 0 bridgehead atoms. The standard InChI is InChI=1S/C17H19ClN4O3/c18-13-3-1-12(2-4-13)15-20-11-14(17(24)21-15)16(23)19-5-6-22-7-9-25-10-8-22/h1-4,11H,5-10H2,(H,19,23)(H,20,21,24). The molecule has 7 nitrogen and oxygen atoms in total. The van der Waals surface area contributed by atoms with Crippen molar-refractivity contribution in [3.63, 3.8) is 0 Å². The molecule has 3 rings (SSSR count). The highest BCUT2D eigenvalue weighted by Gasteiger charge is 2.14. The summed E-state index contributed by atoms with van der Waals surface area (Å²) in [4.78, 5) is 33.4. The molecule has 0 atom stereocenters. The Bertz CT molecular complexity index is 785. The summed E-state index contributed by atoms with van der Waals surface area (Å²) in [7, 11) is 0. The van der Waals surface area contributed by atoms with Crippen LogP contribution in [-0.2, 0) is 4.74 Å². The molecule has 8 heteroatoms. The molecule has 1 amide bonds. The third-order valence-electron chi connectivity index (χ3n) is 3.98. The summed E-state index contributed by atoms with van der Waals surface area (Å²) < 4.78 is 5.28. The van der Waals surface area contributed by atoms with E-state index in [-0.39, 0.29) is 5.56 Å². The molecule has 2 N–H and O–H groups in total. The first-order valence-corrected chi connectivity index (χ1v) is 8.45. The molecule has 1 aliphatic rings. The minimum Gasteiger partial charge on any atom is -0.379 e. The van der Waals surface area contributed by atoms with Crippen LogP contribution in [0.4, 0.5) is 0 Å². The van der Waals surface area contributed by atoms with E-state index in [1.54, 1.807) is 24.3 Å². The van der Waals surface area contributed by atoms with Crippen molar-refractivity contribution in [3.8, 4) is 11.4 Å². The predicted molar refractivity (Wildman–Crippen MR) is 94.9 cm³/mol. The fourth-order valence-electron chi connectivity index (χ4n) is 2.56. The van der Waals surface area contributed by atoms with Crippen molar-refractivity contribution < 1.29 is 9.53 Å². The number of H-pyrrole nitrogens is 1. The van der Waals surface area contributed by atoms with Crippen LogP contribution in [0.1, 0.15) is 10.4 Å². The molecular weight excluding hydrogens is 344 g/mol. The minimum atomic E-state index is -0.469. The number of hydrogen-bond donors (Lipinski definition) is 2. The monoisotopic (exact) mass is 362 g/mol. The number of halogens is 1. The maximum atomic E-state index is 12.2. The van der Waals surface area contributed by atoms with E-state index >= 15 is 0 Å². The van der Waals surface area contributed by atoms with E-state index in [0.29, 0.717) is 30.6 Å². The molecule has 0 unspecified atom stereocenters. The summed E-state index contributed by atoms with van der Waals surface area (Å²) in [6.07, 6.45) is 1.30. The highest BCUT2D eigenvalue weighted by Crippen LogP contribution is 2.16. The third kappa shape index (κ3) is 4.66. The van der Waals surface area contributed by atoms with Gasteiger partial charge in [-0.2, -0.15) is 0 Å². The SMILES string of the molecule is O=C(NCCN1CCOCC1)c1cnc(-c2ccc(Cl)cc2)[nH]c1=O. The van der Waals surface area contributed by atoms with Gasteiger partial charge in [-0.3, -0.25) is 14.5 Å². The van der Waals surface area contributed by atoms with Gasteiger partial charge in [-0.15, -0.1) is 0 Å². The first-order valence-electron chi connectivity index (χ1n) is 8.07. The number of carbonyl (C=O) groups is 1. The van der Waals surface area contributed by atoms with E-state index in [9.17, 15) is 9.59 Å². The van der Waals surface area contributed by atoms with Crippen LogP contribution in [0.15, 0.2) is 35.3 Å². The number of aromatic amines is 1. The first-order chi connectivity index (χ1) is 12.1. The highest BCUT2D eigenvalue weighted by atomic mass is 35.5. The molecule has 0 aliphatic carbocycles. The van der Waals surface area contributed by atoms with Gasteiger partial charge in [0.25, 0.3) is 11.5 Å². The summed E-state index contributed by atoms with van der Waals surface area (Å²) in [5.74, 6) is -0.0313. The predicted octanol–water partition coefficient (Wildman–Crippen LogP) is 1.15. The molecule has 132 valence electrons. The van der Waals surface area contributed by atoms with Crippen molar-refractivity contribution in [2.24, 2.45) is 0 Å². The molecule has 1 fully saturated rings. The van der Waals surface area contributed by atoms with Crippen molar-refractivity contribution in [2.75, 3.05) is 39.4 Å². The van der Waals surface area contributed by atoms with Crippen molar-refractivity contribution >= 4 is 17.5 Å². The lowest BCUT2D eigenvalue weighted by Gasteiger charge is -2.26. The van der Waals surface area contributed by atoms with Gasteiger partial charge in [-0.25, -0.2) is 4.98 Å². The Morgan fingerprint density at radius 2 is 2.00 bits per heavy atom. The average Bonchev–Trinajstić information content (AvgIpc) is 2.63. The quantitative estimate of drug-likeness (QED) is 0.833. The molecule has 1 aromatic carbocycles. The zero-order valence-corrected chi connectivity index (χ0v) is 14.4. The van der Waals surface area contributed by atoms with E-state index in [2.05, 4.69) is 20.2 Å². The van der Waals surface area contributed by atoms with Crippen LogP contribution in [0.25, 0.3) is 11.4 Å². The molecule has 1 aromatic heterocycles. The van der Waals surface area contributed by atoms with E-state index in [1.165, 1.54) is 6.20 Å². The Balaban J connectivity index is 1.61. The van der Waals surface area contributed by atoms with Crippen LogP contribution in [0.2, 0.25) is 5.02 Å². The van der Waals surface area contributed by atoms with E-state index in [4.69, 9.17) is 16.3 Å². The van der Waals surface area contributed by atoms with Gasteiger partial charge < -0.3 is 15.0 Å². The second-order valence-corrected chi connectivity index (χ2v) is 6.13. The van der Waals surface area contributed by atoms with E-state index < -0.39 is 11.5 Å². The number of ether oxygens (including phenoxy) is 1. The van der Waals surface area contributed by atoms with Gasteiger partial charge in [-0.05, 0) is 24.3 Å². The first kappa shape index (κ1) is 17.6. The lowest BCUT2D eigenvalue weighted by atomic mass is 10.2. The molecule has 1 saturated heterocycles. The van der Waals surface area contributed by atoms with Gasteiger partial charge in [0.1, 0.15) is 11.4 Å². The number of nitrogens with one attached hydrogen (secondary N) is 2. The van der Waals surface area contributed by atoms with Crippen LogP contribution in [0.5, 0.6) is 0 Å². The Hall–Kier alpha value is -2.22. The fourth-order valence-corrected chi connectivity index (χ4v) is 2.68. The zero-order chi connectivity index (χ0) is 17.6. The Morgan fingerprint density at radius 1 is 1.28 bits per heavy atom. The summed E-state index contributed by atoms with van der Waals surface area (Å²) in [5.41, 5.74) is 0.254. The molecule has 25 heavy (non-hydrogen) atoms. The van der Waals surface area contributed by atoms with Crippen molar-refractivity contribution in [1.82, 2.24) is 20.2 Å². The smallest absolute Gasteiger partial charge is 0.264 e. The molecule has 0 saturated carbocycles. The van der Waals surface area contributed by atoms with Crippen molar-refractivity contribution in [1.29, 1.82) is 0 Å². The normalized spacial score (nSPS) is 15.1. The summed E-state index contributed by atoms with van der Waals surface area (Å²) in [5, 5.41) is 3.35. The number of morpholine rings is 1. The lowest BCUT2D eigenvalue weighted by Crippen LogP contribution is -2.42. The second kappa shape index (κ2) is 8.24. The molecule has 2 heterocycles. The number of amides is 1. The van der Waals surface area contributed by atoms with Crippen LogP contribution >= 0.6 is 11.6 Å². The van der Waals surface area contributed by atoms with E-state index in [0.717, 1.165) is 25.2 Å². The maximum absolute atomic E-state index is 12.2. The lowest BCUT2D eigenvalue weighted by molar-refractivity contribution is 0.0383. The topological polar surface area (TPSA) is 87.3 Å². The maximum Gasteiger partial charge on any atom is 0.264 e. The summed E-state index contributed by atoms with van der Waals surface area (Å²) in [6.45, 7) is 4.33. The van der Waals surface area contributed by atoms with Crippen LogP contribution in [0, 0.1) is 0 Å². The molecule has 0 spiro atoms. The Kier molecular flexibility index (Phi) is 5.80. The van der Waals surface area contributed by atoms with Crippen LogP contribution < -0.4 is 10.9 Å². The van der Waals surface area contributed by atoms with Gasteiger partial charge in [0, 0.05) is 43.0 Å². The van der Waals surface area contributed by atoms with Gasteiger partial charge in [-0.1, -0.05) is 11.6 Å². The molecule has 0 radical (unpaired) electrons. The average molecular weight is 363 g/mol. The minimum absolute atomic E-state index is 0.000286. The van der Waals surface area contributed by atoms with Gasteiger partial charge >= 0.3 is 0 Å². The molecule has 2 aromatic rings. The molecular formula is C17H19ClN4O3. The van der Waals surface area contributed by atoms with Gasteiger partial charge in [0.05, 0.1) is 13.2 Å². The number of aromatic nitrogens is 2. The second-order valence-electron chi connectivity index (χ2n) is 5.69. The summed E-state index contributed by atoms with van der Waals surface area (Å²) in [6, 6.07) is 6.93. The number of rotatable bonds is 5. The number of benzene rings is 1. The number of nitrogens with zero attached hydrogens (tertiary/aromatic N) is 2. The van der Waals surface area contributed by atoms with Crippen LogP contribution in [0.3, 0.4) is 0 Å². The zero-order valence-electron chi connectivity index (χ0n) is 13.6. The van der Waals surface area contributed by atoms with E-state index in [1.807, 2.05) is 0 Å². The van der Waals surface area contributed by atoms with Crippen molar-refractivity contribution in [3.05, 3.63) is 51.4 Å². The Morgan fingerprint density at radius 3 is 2.68 bits per heavy atom.